The van der Waals surface area contributed by atoms with E-state index in [2.05, 4.69) is 4.98 Å². The summed E-state index contributed by atoms with van der Waals surface area (Å²) >= 11 is 7.05. The zero-order chi connectivity index (χ0) is 18.6. The van der Waals surface area contributed by atoms with E-state index in [4.69, 9.17) is 11.6 Å². The van der Waals surface area contributed by atoms with Crippen molar-refractivity contribution in [1.29, 1.82) is 0 Å². The summed E-state index contributed by atoms with van der Waals surface area (Å²) in [5, 5.41) is 0.700. The molecule has 3 nitrogen and oxygen atoms in total. The first-order valence-corrected chi connectivity index (χ1v) is 9.38. The van der Waals surface area contributed by atoms with Crippen molar-refractivity contribution >= 4 is 33.2 Å². The van der Waals surface area contributed by atoms with E-state index in [1.165, 1.54) is 35.6 Å². The molecule has 0 bridgehead atoms. The summed E-state index contributed by atoms with van der Waals surface area (Å²) in [4.78, 5) is 18.2. The van der Waals surface area contributed by atoms with Gasteiger partial charge in [0.2, 0.25) is 5.82 Å². The minimum absolute atomic E-state index is 0.101. The fourth-order valence-corrected chi connectivity index (χ4v) is 5.01. The van der Waals surface area contributed by atoms with E-state index in [1.807, 2.05) is 6.92 Å². The zero-order valence-electron chi connectivity index (χ0n) is 13.7. The first-order chi connectivity index (χ1) is 12.3. The Morgan fingerprint density at radius 2 is 1.96 bits per heavy atom. The molecule has 0 radical (unpaired) electrons. The molecule has 2 aromatic heterocycles. The Balaban J connectivity index is 2.11. The van der Waals surface area contributed by atoms with E-state index < -0.39 is 17.6 Å². The molecule has 0 saturated heterocycles. The molecule has 0 fully saturated rings. The Kier molecular flexibility index (Phi) is 4.11. The van der Waals surface area contributed by atoms with Crippen molar-refractivity contribution in [1.82, 2.24) is 9.55 Å². The molecule has 4 rings (SSSR count). The van der Waals surface area contributed by atoms with E-state index >= 15 is 0 Å². The Morgan fingerprint density at radius 3 is 2.62 bits per heavy atom. The third-order valence-electron chi connectivity index (χ3n) is 4.71. The lowest BCUT2D eigenvalue weighted by Crippen LogP contribution is -2.29. The van der Waals surface area contributed by atoms with Gasteiger partial charge in [0.1, 0.15) is 4.83 Å². The van der Waals surface area contributed by atoms with Crippen molar-refractivity contribution < 1.29 is 13.2 Å². The average Bonchev–Trinajstić information content (AvgIpc) is 2.95. The maximum absolute atomic E-state index is 13.6. The lowest BCUT2D eigenvalue weighted by Gasteiger charge is -2.19. The van der Waals surface area contributed by atoms with Crippen molar-refractivity contribution in [3.05, 3.63) is 55.9 Å². The molecule has 0 amide bonds. The molecule has 1 aliphatic carbocycles. The summed E-state index contributed by atoms with van der Waals surface area (Å²) in [6, 6.07) is 5.71. The number of halogens is 4. The lowest BCUT2D eigenvalue weighted by molar-refractivity contribution is -0.146. The van der Waals surface area contributed by atoms with E-state index in [0.717, 1.165) is 29.7 Å². The molecule has 1 unspecified atom stereocenters. The number of rotatable bonds is 1. The molecule has 3 aromatic rings. The number of benzene rings is 1. The number of hydrogen-bond acceptors (Lipinski definition) is 3. The third kappa shape index (κ3) is 2.74. The summed E-state index contributed by atoms with van der Waals surface area (Å²) in [7, 11) is 0. The maximum atomic E-state index is 13.6. The molecule has 26 heavy (non-hydrogen) atoms. The highest BCUT2D eigenvalue weighted by molar-refractivity contribution is 7.18. The number of aromatic nitrogens is 2. The molecular formula is C18H14ClF3N2OS. The zero-order valence-corrected chi connectivity index (χ0v) is 15.3. The Morgan fingerprint density at radius 1 is 1.27 bits per heavy atom. The second kappa shape index (κ2) is 6.09. The highest BCUT2D eigenvalue weighted by Gasteiger charge is 2.39. The van der Waals surface area contributed by atoms with Gasteiger partial charge in [0, 0.05) is 9.90 Å². The minimum Gasteiger partial charge on any atom is -0.268 e. The summed E-state index contributed by atoms with van der Waals surface area (Å²) in [5.74, 6) is -1.07. The topological polar surface area (TPSA) is 34.9 Å². The second-order valence-corrected chi connectivity index (χ2v) is 7.98. The van der Waals surface area contributed by atoms with E-state index in [-0.39, 0.29) is 16.4 Å². The van der Waals surface area contributed by atoms with Crippen molar-refractivity contribution in [3.63, 3.8) is 0 Å². The van der Waals surface area contributed by atoms with Gasteiger partial charge in [-0.25, -0.2) is 4.98 Å². The lowest BCUT2D eigenvalue weighted by atomic mass is 9.88. The SMILES string of the molecule is CC1CCCc2sc3nc(C(F)(F)F)n(-c4ccc(Cl)cc4)c(=O)c3c21. The summed E-state index contributed by atoms with van der Waals surface area (Å²) in [6.45, 7) is 2.01. The molecule has 1 aromatic carbocycles. The third-order valence-corrected chi connectivity index (χ3v) is 6.12. The fraction of sp³-hybridized carbons (Fsp3) is 0.333. The van der Waals surface area contributed by atoms with Gasteiger partial charge >= 0.3 is 6.18 Å². The van der Waals surface area contributed by atoms with Crippen LogP contribution >= 0.6 is 22.9 Å². The van der Waals surface area contributed by atoms with Crippen molar-refractivity contribution in [2.75, 3.05) is 0 Å². The van der Waals surface area contributed by atoms with Gasteiger partial charge in [-0.2, -0.15) is 13.2 Å². The van der Waals surface area contributed by atoms with Gasteiger partial charge in [0.25, 0.3) is 5.56 Å². The van der Waals surface area contributed by atoms with Crippen LogP contribution in [0.5, 0.6) is 0 Å². The van der Waals surface area contributed by atoms with Gasteiger partial charge in [-0.3, -0.25) is 9.36 Å². The Bertz CT molecular complexity index is 1050. The summed E-state index contributed by atoms with van der Waals surface area (Å²) in [6.07, 6.45) is -2.08. The first-order valence-electron chi connectivity index (χ1n) is 8.19. The van der Waals surface area contributed by atoms with Crippen molar-refractivity contribution in [3.8, 4) is 5.69 Å². The number of hydrogen-bond donors (Lipinski definition) is 0. The van der Waals surface area contributed by atoms with Crippen LogP contribution in [0.3, 0.4) is 0 Å². The summed E-state index contributed by atoms with van der Waals surface area (Å²) in [5.41, 5.74) is 0.297. The van der Waals surface area contributed by atoms with Crippen LogP contribution in [-0.2, 0) is 12.6 Å². The first kappa shape index (κ1) is 17.5. The van der Waals surface area contributed by atoms with Crippen LogP contribution in [-0.4, -0.2) is 9.55 Å². The number of thiophene rings is 1. The van der Waals surface area contributed by atoms with Gasteiger partial charge in [0.05, 0.1) is 11.1 Å². The highest BCUT2D eigenvalue weighted by atomic mass is 35.5. The molecule has 8 heteroatoms. The number of fused-ring (bicyclic) bond motifs is 3. The molecule has 0 aliphatic heterocycles. The van der Waals surface area contributed by atoms with Crippen molar-refractivity contribution in [2.24, 2.45) is 0 Å². The monoisotopic (exact) mass is 398 g/mol. The van der Waals surface area contributed by atoms with Gasteiger partial charge in [-0.1, -0.05) is 18.5 Å². The second-order valence-electron chi connectivity index (χ2n) is 6.46. The van der Waals surface area contributed by atoms with Crippen molar-refractivity contribution in [2.45, 2.75) is 38.3 Å². The van der Waals surface area contributed by atoms with Crippen LogP contribution in [0.4, 0.5) is 13.2 Å². The number of nitrogens with zero attached hydrogens (tertiary/aromatic N) is 2. The molecule has 2 heterocycles. The maximum Gasteiger partial charge on any atom is 0.450 e. The Hall–Kier alpha value is -1.86. The van der Waals surface area contributed by atoms with Crippen LogP contribution in [0.15, 0.2) is 29.1 Å². The Labute approximate surface area is 156 Å². The molecule has 1 aliphatic rings. The molecule has 136 valence electrons. The molecule has 0 spiro atoms. The standard InChI is InChI=1S/C18H14ClF3N2OS/c1-9-3-2-4-12-13(9)14-15(26-12)23-17(18(20,21)22)24(16(14)25)11-7-5-10(19)6-8-11/h5-9H,2-4H2,1H3. The van der Waals surface area contributed by atoms with Crippen LogP contribution in [0.2, 0.25) is 5.02 Å². The predicted octanol–water partition coefficient (Wildman–Crippen LogP) is 5.56. The van der Waals surface area contributed by atoms with Crippen LogP contribution in [0.1, 0.15) is 41.9 Å². The fourth-order valence-electron chi connectivity index (χ4n) is 3.56. The number of alkyl halides is 3. The predicted molar refractivity (Wildman–Crippen MR) is 96.6 cm³/mol. The van der Waals surface area contributed by atoms with Crippen LogP contribution in [0.25, 0.3) is 15.9 Å². The van der Waals surface area contributed by atoms with E-state index in [9.17, 15) is 18.0 Å². The van der Waals surface area contributed by atoms with Gasteiger partial charge in [0.15, 0.2) is 0 Å². The molecule has 0 saturated carbocycles. The normalized spacial score (nSPS) is 17.5. The largest absolute Gasteiger partial charge is 0.450 e. The average molecular weight is 399 g/mol. The van der Waals surface area contributed by atoms with Gasteiger partial charge < -0.3 is 0 Å². The quantitative estimate of drug-likeness (QED) is 0.538. The van der Waals surface area contributed by atoms with Crippen LogP contribution < -0.4 is 5.56 Å². The van der Waals surface area contributed by atoms with E-state index in [1.54, 1.807) is 0 Å². The highest BCUT2D eigenvalue weighted by Crippen LogP contribution is 2.41. The molecule has 1 atom stereocenters. The van der Waals surface area contributed by atoms with Gasteiger partial charge in [-0.05, 0) is 55.0 Å². The summed E-state index contributed by atoms with van der Waals surface area (Å²) < 4.78 is 41.6. The number of aryl methyl sites for hydroxylation is 1. The van der Waals surface area contributed by atoms with Gasteiger partial charge in [-0.15, -0.1) is 11.3 Å². The van der Waals surface area contributed by atoms with Crippen LogP contribution in [0, 0.1) is 0 Å². The van der Waals surface area contributed by atoms with E-state index in [0.29, 0.717) is 15.0 Å². The minimum atomic E-state index is -4.75. The molecular weight excluding hydrogens is 385 g/mol. The molecule has 0 N–H and O–H groups in total. The smallest absolute Gasteiger partial charge is 0.268 e.